The number of unbranched alkanes of at least 4 members (excludes halogenated alkanes) is 5. The van der Waals surface area contributed by atoms with Crippen molar-refractivity contribution < 1.29 is 67.9 Å². The van der Waals surface area contributed by atoms with E-state index in [4.69, 9.17) is 47.3 Å². The van der Waals surface area contributed by atoms with Crippen LogP contribution in [0.3, 0.4) is 0 Å². The molecular formula is C50H87BCl2N6NaO8S2. The number of ether oxygens (including phenoxy) is 4. The van der Waals surface area contributed by atoms with Gasteiger partial charge in [-0.25, -0.2) is 32.7 Å². The van der Waals surface area contributed by atoms with E-state index < -0.39 is 33.2 Å². The van der Waals surface area contributed by atoms with Crippen LogP contribution >= 0.6 is 23.2 Å². The number of carbonyl (C=O) groups is 2. The fourth-order valence-electron chi connectivity index (χ4n) is 6.79. The Morgan fingerprint density at radius 1 is 0.700 bits per heavy atom. The monoisotopic (exact) mass is 1070 g/mol. The number of likely N-dealkylation sites (tertiary alicyclic amines) is 2. The van der Waals surface area contributed by atoms with Crippen LogP contribution in [0.2, 0.25) is 10.3 Å². The largest absolute Gasteiger partial charge is 1.00 e. The van der Waals surface area contributed by atoms with E-state index in [9.17, 15) is 18.0 Å². The van der Waals surface area contributed by atoms with E-state index in [0.29, 0.717) is 36.5 Å². The molecule has 3 radical (unpaired) electrons. The molecule has 0 saturated carbocycles. The van der Waals surface area contributed by atoms with Crippen LogP contribution in [0.1, 0.15) is 166 Å². The van der Waals surface area contributed by atoms with Crippen LogP contribution < -0.4 is 39.4 Å². The van der Waals surface area contributed by atoms with Crippen molar-refractivity contribution in [3.05, 3.63) is 58.1 Å². The molecule has 14 nitrogen and oxygen atoms in total. The molecule has 395 valence electrons. The van der Waals surface area contributed by atoms with Crippen molar-refractivity contribution in [2.75, 3.05) is 39.4 Å². The average molecular weight is 1070 g/mol. The average Bonchev–Trinajstić information content (AvgIpc) is 3.91. The molecular weight excluding hydrogens is 981 g/mol. The van der Waals surface area contributed by atoms with E-state index in [0.717, 1.165) is 88.5 Å². The number of rotatable bonds is 20. The van der Waals surface area contributed by atoms with Crippen LogP contribution in [0.4, 0.5) is 9.59 Å². The van der Waals surface area contributed by atoms with E-state index in [1.807, 2.05) is 107 Å². The summed E-state index contributed by atoms with van der Waals surface area (Å²) < 4.78 is 48.6. The zero-order valence-electron chi connectivity index (χ0n) is 45.9. The van der Waals surface area contributed by atoms with Crippen LogP contribution in [0.25, 0.3) is 0 Å². The minimum absolute atomic E-state index is 0. The molecule has 2 saturated heterocycles. The van der Waals surface area contributed by atoms with Gasteiger partial charge in [-0.2, -0.15) is 0 Å². The number of halogens is 2. The Morgan fingerprint density at radius 2 is 1.11 bits per heavy atom. The molecule has 1 unspecified atom stereocenters. The second-order valence-corrected chi connectivity index (χ2v) is 26.0. The van der Waals surface area contributed by atoms with E-state index in [1.165, 1.54) is 19.3 Å². The number of nitrogens with two attached hydrogens (primary N) is 1. The predicted molar refractivity (Wildman–Crippen MR) is 286 cm³/mol. The molecule has 2 aromatic heterocycles. The molecule has 0 aliphatic carbocycles. The third-order valence-electron chi connectivity index (χ3n) is 10.7. The molecule has 2 fully saturated rings. The molecule has 70 heavy (non-hydrogen) atoms. The minimum atomic E-state index is -1.18. The van der Waals surface area contributed by atoms with Crippen molar-refractivity contribution in [2.24, 2.45) is 5.14 Å². The van der Waals surface area contributed by atoms with Crippen molar-refractivity contribution >= 4 is 65.8 Å². The van der Waals surface area contributed by atoms with Gasteiger partial charge in [0, 0.05) is 53.2 Å². The molecule has 4 heterocycles. The van der Waals surface area contributed by atoms with E-state index in [2.05, 4.69) is 14.7 Å². The van der Waals surface area contributed by atoms with Gasteiger partial charge in [-0.1, -0.05) is 54.6 Å². The van der Waals surface area contributed by atoms with Crippen molar-refractivity contribution in [3.8, 4) is 0 Å². The molecule has 0 bridgehead atoms. The first-order chi connectivity index (χ1) is 31.6. The second kappa shape index (κ2) is 34.2. The summed E-state index contributed by atoms with van der Waals surface area (Å²) in [7, 11) is -2.32. The SMILES string of the molecule is CC(C)(C)OC(=O)N1CC[C@@H](OCCCCC(CCc2cccnc2Cl)N[S@](=O)C(C)(C)C)C1.CC(C)(C)OC(=O)N1CC[C@@H](OCCCCCCCc2cccnc2Cl)C1.CC(C)(C)[S@](N)=O.[B].[H-].[Na+]. The molecule has 2 aromatic rings. The first kappa shape index (κ1) is 68.6. The van der Waals surface area contributed by atoms with Crippen molar-refractivity contribution in [1.29, 1.82) is 0 Å². The Morgan fingerprint density at radius 3 is 1.53 bits per heavy atom. The summed E-state index contributed by atoms with van der Waals surface area (Å²) in [6, 6.07) is 7.98. The molecule has 2 aliphatic rings. The molecule has 3 N–H and O–H groups in total. The number of amides is 2. The predicted octanol–water partition coefficient (Wildman–Crippen LogP) is 7.68. The molecule has 4 rings (SSSR count). The third kappa shape index (κ3) is 30.7. The fraction of sp³-hybridized carbons (Fsp3) is 0.760. The van der Waals surface area contributed by atoms with E-state index in [-0.39, 0.29) is 79.3 Å². The topological polar surface area (TPSA) is 176 Å². The van der Waals surface area contributed by atoms with Crippen molar-refractivity contribution in [1.82, 2.24) is 24.5 Å². The third-order valence-corrected chi connectivity index (χ3v) is 14.3. The summed E-state index contributed by atoms with van der Waals surface area (Å²) in [6.45, 7) is 26.7. The molecule has 2 amide bonds. The number of nitrogens with one attached hydrogen (secondary N) is 1. The van der Waals surface area contributed by atoms with Crippen LogP contribution in [0.5, 0.6) is 0 Å². The van der Waals surface area contributed by atoms with Gasteiger partial charge in [-0.3, -0.25) is 5.14 Å². The van der Waals surface area contributed by atoms with Gasteiger partial charge in [0.25, 0.3) is 0 Å². The molecule has 5 atom stereocenters. The van der Waals surface area contributed by atoms with Crippen LogP contribution in [0, 0.1) is 0 Å². The standard InChI is InChI=1S/C25H42ClN3O4S.C21H33ClN2O3.C4H11NOS.B.Na.H/c1-24(2,3)33-23(30)29-16-14-21(18-29)32-17-8-7-11-20(28-34(31)25(4,5)6)13-12-19-10-9-15-27-22(19)26;1-21(2,3)27-20(25)24-14-12-18(16-24)26-15-8-6-4-5-7-10-17-11-9-13-23-19(17)22;1-4(2,3)7(5)6;;;/h9-10,15,20-21,28H,7-8,11-14,16-18H2,1-6H3;9,11,13,18H,4-8,10,12,14-16H2,1-3H3;5H2,1-3H3;;;/q;;;;+1;-1/t20?,21-,34-;18-;7-;;;/m111.../s1. The first-order valence-electron chi connectivity index (χ1n) is 24.4. The van der Waals surface area contributed by atoms with Gasteiger partial charge in [-0.05, 0) is 171 Å². The smallest absolute Gasteiger partial charge is 1.00 e. The number of aryl methyl sites for hydroxylation is 2. The Labute approximate surface area is 463 Å². The van der Waals surface area contributed by atoms with Gasteiger partial charge in [0.15, 0.2) is 0 Å². The Balaban J connectivity index is 0. The maximum absolute atomic E-state index is 12.7. The van der Waals surface area contributed by atoms with E-state index in [1.54, 1.807) is 22.2 Å². The summed E-state index contributed by atoms with van der Waals surface area (Å²) in [5.74, 6) is 0. The number of hydrogen-bond donors (Lipinski definition) is 2. The minimum Gasteiger partial charge on any atom is -1.00 e. The van der Waals surface area contributed by atoms with Gasteiger partial charge >= 0.3 is 41.7 Å². The molecule has 0 aromatic carbocycles. The Hall–Kier alpha value is -1.38. The summed E-state index contributed by atoms with van der Waals surface area (Å²) in [6.07, 6.45) is 16.0. The zero-order valence-corrected chi connectivity index (χ0v) is 50.1. The summed E-state index contributed by atoms with van der Waals surface area (Å²) in [5, 5.41) is 6.20. The van der Waals surface area contributed by atoms with Crippen LogP contribution in [-0.4, -0.2) is 127 Å². The fourth-order valence-corrected chi connectivity index (χ4v) is 8.11. The maximum atomic E-state index is 12.7. The van der Waals surface area contributed by atoms with Gasteiger partial charge in [-0.15, -0.1) is 0 Å². The second-order valence-electron chi connectivity index (χ2n) is 21.5. The van der Waals surface area contributed by atoms with Gasteiger partial charge in [0.2, 0.25) is 0 Å². The number of aromatic nitrogens is 2. The summed E-state index contributed by atoms with van der Waals surface area (Å²) in [5.41, 5.74) is 1.22. The number of nitrogens with zero attached hydrogens (tertiary/aromatic N) is 4. The van der Waals surface area contributed by atoms with Crippen molar-refractivity contribution in [2.45, 2.75) is 206 Å². The van der Waals surface area contributed by atoms with Gasteiger partial charge in [0.1, 0.15) is 21.5 Å². The molecule has 20 heteroatoms. The number of hydrogen-bond acceptors (Lipinski definition) is 10. The van der Waals surface area contributed by atoms with Crippen molar-refractivity contribution in [3.63, 3.8) is 0 Å². The quantitative estimate of drug-likeness (QED) is 0.0761. The van der Waals surface area contributed by atoms with E-state index >= 15 is 0 Å². The van der Waals surface area contributed by atoms with Gasteiger partial charge in [0.05, 0.1) is 56.8 Å². The first-order valence-corrected chi connectivity index (χ1v) is 27.5. The summed E-state index contributed by atoms with van der Waals surface area (Å²) >= 11 is 12.3. The number of carbonyl (C=O) groups excluding carboxylic acids is 2. The zero-order chi connectivity index (χ0) is 51.1. The Bertz CT molecular complexity index is 1860. The summed E-state index contributed by atoms with van der Waals surface area (Å²) in [4.78, 5) is 36.0. The van der Waals surface area contributed by atoms with Crippen LogP contribution in [0.15, 0.2) is 36.7 Å². The molecule has 0 spiro atoms. The normalized spacial score (nSPS) is 17.4. The van der Waals surface area contributed by atoms with Gasteiger partial charge < -0.3 is 30.2 Å². The number of pyridine rings is 2. The Kier molecular flexibility index (Phi) is 33.6. The molecule has 2 aliphatic heterocycles. The van der Waals surface area contributed by atoms with Crippen LogP contribution in [-0.2, 0) is 53.8 Å². The maximum Gasteiger partial charge on any atom is 1.00 e.